The van der Waals surface area contributed by atoms with E-state index in [0.29, 0.717) is 11.8 Å². The standard InChI is InChI=1S/C10H12INO/c11-7-3-4-10(13)8(6-7)9-2-1-5-12-9/h3-4,6,9,12-13H,1-2,5H2/t9-/m0/s1. The minimum atomic E-state index is 0.356. The van der Waals surface area contributed by atoms with Crippen molar-refractivity contribution in [3.8, 4) is 5.75 Å². The number of aromatic hydroxyl groups is 1. The molecular weight excluding hydrogens is 277 g/mol. The van der Waals surface area contributed by atoms with Crippen molar-refractivity contribution in [2.75, 3.05) is 6.54 Å². The van der Waals surface area contributed by atoms with Gasteiger partial charge in [-0.05, 0) is 60.2 Å². The molecule has 0 bridgehead atoms. The first-order chi connectivity index (χ1) is 6.27. The Labute approximate surface area is 91.5 Å². The Morgan fingerprint density at radius 3 is 3.00 bits per heavy atom. The van der Waals surface area contributed by atoms with Gasteiger partial charge in [0.2, 0.25) is 0 Å². The molecule has 2 rings (SSSR count). The Balaban J connectivity index is 2.32. The van der Waals surface area contributed by atoms with Crippen LogP contribution < -0.4 is 5.32 Å². The quantitative estimate of drug-likeness (QED) is 0.778. The van der Waals surface area contributed by atoms with Crippen molar-refractivity contribution in [2.24, 2.45) is 0 Å². The third kappa shape index (κ3) is 1.96. The van der Waals surface area contributed by atoms with Gasteiger partial charge in [0.1, 0.15) is 5.75 Å². The fraction of sp³-hybridized carbons (Fsp3) is 0.400. The number of phenolic OH excluding ortho intramolecular Hbond substituents is 1. The molecule has 1 aromatic rings. The summed E-state index contributed by atoms with van der Waals surface area (Å²) in [5, 5.41) is 13.0. The summed E-state index contributed by atoms with van der Waals surface area (Å²) in [5.74, 6) is 0.416. The summed E-state index contributed by atoms with van der Waals surface area (Å²) in [4.78, 5) is 0. The second-order valence-electron chi connectivity index (χ2n) is 3.35. The van der Waals surface area contributed by atoms with Gasteiger partial charge in [-0.2, -0.15) is 0 Å². The predicted molar refractivity (Wildman–Crippen MR) is 60.8 cm³/mol. The first-order valence-electron chi connectivity index (χ1n) is 4.49. The fourth-order valence-electron chi connectivity index (χ4n) is 1.75. The SMILES string of the molecule is Oc1ccc(I)cc1[C@@H]1CCCN1. The molecule has 1 fully saturated rings. The topological polar surface area (TPSA) is 32.3 Å². The molecule has 1 saturated heterocycles. The lowest BCUT2D eigenvalue weighted by atomic mass is 10.0. The van der Waals surface area contributed by atoms with Crippen LogP contribution in [0.5, 0.6) is 5.75 Å². The van der Waals surface area contributed by atoms with Crippen LogP contribution in [0.2, 0.25) is 0 Å². The molecule has 1 aromatic carbocycles. The normalized spacial score (nSPS) is 22.1. The van der Waals surface area contributed by atoms with Crippen LogP contribution in [0.1, 0.15) is 24.4 Å². The molecule has 70 valence electrons. The Hall–Kier alpha value is -0.290. The molecule has 1 aliphatic heterocycles. The minimum absolute atomic E-state index is 0.356. The summed E-state index contributed by atoms with van der Waals surface area (Å²) in [6, 6.07) is 6.11. The van der Waals surface area contributed by atoms with Gasteiger partial charge in [0, 0.05) is 15.2 Å². The van der Waals surface area contributed by atoms with Crippen LogP contribution in [0, 0.1) is 3.57 Å². The van der Waals surface area contributed by atoms with Crippen molar-refractivity contribution in [1.82, 2.24) is 5.32 Å². The van der Waals surface area contributed by atoms with Crippen molar-refractivity contribution in [2.45, 2.75) is 18.9 Å². The van der Waals surface area contributed by atoms with Gasteiger partial charge in [0.05, 0.1) is 0 Å². The van der Waals surface area contributed by atoms with E-state index in [1.54, 1.807) is 6.07 Å². The lowest BCUT2D eigenvalue weighted by molar-refractivity contribution is 0.457. The Morgan fingerprint density at radius 1 is 1.46 bits per heavy atom. The molecule has 1 aliphatic rings. The second kappa shape index (κ2) is 3.84. The van der Waals surface area contributed by atoms with E-state index in [4.69, 9.17) is 0 Å². The molecule has 1 atom stereocenters. The molecule has 13 heavy (non-hydrogen) atoms. The third-order valence-corrected chi connectivity index (χ3v) is 3.10. The van der Waals surface area contributed by atoms with E-state index in [9.17, 15) is 5.11 Å². The van der Waals surface area contributed by atoms with Gasteiger partial charge in [0.25, 0.3) is 0 Å². The van der Waals surface area contributed by atoms with Crippen molar-refractivity contribution in [3.05, 3.63) is 27.3 Å². The number of rotatable bonds is 1. The number of phenols is 1. The summed E-state index contributed by atoms with van der Waals surface area (Å²) < 4.78 is 1.18. The van der Waals surface area contributed by atoms with Crippen molar-refractivity contribution >= 4 is 22.6 Å². The number of hydrogen-bond donors (Lipinski definition) is 2. The number of halogens is 1. The maximum absolute atomic E-state index is 9.65. The van der Waals surface area contributed by atoms with E-state index in [1.165, 1.54) is 9.99 Å². The van der Waals surface area contributed by atoms with Crippen molar-refractivity contribution < 1.29 is 5.11 Å². The van der Waals surface area contributed by atoms with E-state index < -0.39 is 0 Å². The van der Waals surface area contributed by atoms with Crippen molar-refractivity contribution in [1.29, 1.82) is 0 Å². The molecule has 0 aromatic heterocycles. The van der Waals surface area contributed by atoms with Crippen LogP contribution in [0.3, 0.4) is 0 Å². The lowest BCUT2D eigenvalue weighted by Crippen LogP contribution is -2.12. The molecule has 0 unspecified atom stereocenters. The maximum atomic E-state index is 9.65. The molecule has 3 heteroatoms. The van der Waals surface area contributed by atoms with Gasteiger partial charge in [-0.15, -0.1) is 0 Å². The molecule has 2 N–H and O–H groups in total. The average Bonchev–Trinajstić information content (AvgIpc) is 2.61. The van der Waals surface area contributed by atoms with Gasteiger partial charge < -0.3 is 10.4 Å². The van der Waals surface area contributed by atoms with Gasteiger partial charge in [-0.3, -0.25) is 0 Å². The first-order valence-corrected chi connectivity index (χ1v) is 5.57. The van der Waals surface area contributed by atoms with Crippen LogP contribution in [-0.2, 0) is 0 Å². The molecule has 0 saturated carbocycles. The Morgan fingerprint density at radius 2 is 2.31 bits per heavy atom. The van der Waals surface area contributed by atoms with E-state index >= 15 is 0 Å². The molecule has 0 aliphatic carbocycles. The number of benzene rings is 1. The molecule has 1 heterocycles. The zero-order valence-corrected chi connectivity index (χ0v) is 9.41. The zero-order chi connectivity index (χ0) is 9.26. The highest BCUT2D eigenvalue weighted by Crippen LogP contribution is 2.31. The second-order valence-corrected chi connectivity index (χ2v) is 4.60. The van der Waals surface area contributed by atoms with Crippen LogP contribution in [0.4, 0.5) is 0 Å². The van der Waals surface area contributed by atoms with Gasteiger partial charge in [-0.25, -0.2) is 0 Å². The highest BCUT2D eigenvalue weighted by molar-refractivity contribution is 14.1. The minimum Gasteiger partial charge on any atom is -0.508 e. The first kappa shape index (κ1) is 9.27. The van der Waals surface area contributed by atoms with Gasteiger partial charge in [-0.1, -0.05) is 0 Å². The fourth-order valence-corrected chi connectivity index (χ4v) is 2.27. The third-order valence-electron chi connectivity index (χ3n) is 2.43. The molecule has 2 nitrogen and oxygen atoms in total. The van der Waals surface area contributed by atoms with Crippen LogP contribution in [0.15, 0.2) is 18.2 Å². The largest absolute Gasteiger partial charge is 0.508 e. The summed E-state index contributed by atoms with van der Waals surface area (Å²) in [5.41, 5.74) is 1.05. The molecule has 0 radical (unpaired) electrons. The Kier molecular flexibility index (Phi) is 2.74. The summed E-state index contributed by atoms with van der Waals surface area (Å²) in [6.07, 6.45) is 2.34. The predicted octanol–water partition coefficient (Wildman–Crippen LogP) is 2.42. The summed E-state index contributed by atoms with van der Waals surface area (Å²) in [7, 11) is 0. The monoisotopic (exact) mass is 289 g/mol. The van der Waals surface area contributed by atoms with Crippen LogP contribution in [-0.4, -0.2) is 11.7 Å². The van der Waals surface area contributed by atoms with Gasteiger partial charge in [0.15, 0.2) is 0 Å². The lowest BCUT2D eigenvalue weighted by Gasteiger charge is -2.12. The smallest absolute Gasteiger partial charge is 0.120 e. The maximum Gasteiger partial charge on any atom is 0.120 e. The van der Waals surface area contributed by atoms with E-state index in [1.807, 2.05) is 6.07 Å². The summed E-state index contributed by atoms with van der Waals surface area (Å²) in [6.45, 7) is 1.07. The zero-order valence-electron chi connectivity index (χ0n) is 7.26. The molecule has 0 spiro atoms. The van der Waals surface area contributed by atoms with Crippen LogP contribution >= 0.6 is 22.6 Å². The summed E-state index contributed by atoms with van der Waals surface area (Å²) >= 11 is 2.27. The van der Waals surface area contributed by atoms with Crippen LogP contribution in [0.25, 0.3) is 0 Å². The molecule has 0 amide bonds. The van der Waals surface area contributed by atoms with Gasteiger partial charge >= 0.3 is 0 Å². The van der Waals surface area contributed by atoms with E-state index in [-0.39, 0.29) is 0 Å². The molecular formula is C10H12INO. The van der Waals surface area contributed by atoms with E-state index in [0.717, 1.165) is 18.5 Å². The highest BCUT2D eigenvalue weighted by atomic mass is 127. The van der Waals surface area contributed by atoms with E-state index in [2.05, 4.69) is 34.0 Å². The average molecular weight is 289 g/mol. The van der Waals surface area contributed by atoms with Crippen molar-refractivity contribution in [3.63, 3.8) is 0 Å². The number of nitrogens with one attached hydrogen (secondary N) is 1. The highest BCUT2D eigenvalue weighted by Gasteiger charge is 2.18. The Bertz CT molecular complexity index is 308. The number of hydrogen-bond acceptors (Lipinski definition) is 2.